The summed E-state index contributed by atoms with van der Waals surface area (Å²) in [6.07, 6.45) is 1.25. The summed E-state index contributed by atoms with van der Waals surface area (Å²) in [4.78, 5) is 19.5. The number of carbonyl (C=O) groups excluding carboxylic acids is 1. The van der Waals surface area contributed by atoms with E-state index in [2.05, 4.69) is 41.0 Å². The molecule has 2 heterocycles. The lowest BCUT2D eigenvalue weighted by molar-refractivity contribution is -0.131. The molecular weight excluding hydrogens is 364 g/mol. The Bertz CT molecular complexity index is 883. The average molecular weight is 393 g/mol. The van der Waals surface area contributed by atoms with Crippen molar-refractivity contribution in [3.05, 3.63) is 65.7 Å². The van der Waals surface area contributed by atoms with Gasteiger partial charge >= 0.3 is 0 Å². The minimum atomic E-state index is -0.365. The number of para-hydroxylation sites is 1. The molecule has 2 aliphatic heterocycles. The number of likely N-dealkylation sites (tertiary alicyclic amines) is 1. The number of rotatable bonds is 5. The number of nitrogens with one attached hydrogen (secondary N) is 2. The van der Waals surface area contributed by atoms with Gasteiger partial charge in [-0.25, -0.2) is 0 Å². The van der Waals surface area contributed by atoms with Gasteiger partial charge in [0.15, 0.2) is 0 Å². The number of amidine groups is 1. The summed E-state index contributed by atoms with van der Waals surface area (Å²) >= 11 is 0. The quantitative estimate of drug-likeness (QED) is 0.821. The maximum atomic E-state index is 12.6. The van der Waals surface area contributed by atoms with Crippen molar-refractivity contribution in [2.75, 3.05) is 32.1 Å². The summed E-state index contributed by atoms with van der Waals surface area (Å²) in [7, 11) is 1.63. The standard InChI is InChI=1S/C23H28N4O2/c1-29-14-11-21(28)27-13-12-23(17-27)22(24-15-18-7-3-2-4-8-18)26-20-10-6-5-9-19(20)16-25-23/h2-10,25H,11-17H2,1H3,(H,24,26)/t23-/m1/s1. The summed E-state index contributed by atoms with van der Waals surface area (Å²) in [5, 5.41) is 7.31. The minimum absolute atomic E-state index is 0.134. The third kappa shape index (κ3) is 4.33. The number of methoxy groups -OCH3 is 1. The van der Waals surface area contributed by atoms with Gasteiger partial charge in [-0.1, -0.05) is 48.5 Å². The fourth-order valence-electron chi connectivity index (χ4n) is 4.04. The van der Waals surface area contributed by atoms with Gasteiger partial charge in [-0.3, -0.25) is 15.1 Å². The van der Waals surface area contributed by atoms with Crippen molar-refractivity contribution in [1.29, 1.82) is 0 Å². The van der Waals surface area contributed by atoms with Crippen LogP contribution < -0.4 is 10.6 Å². The molecule has 2 aromatic carbocycles. The van der Waals surface area contributed by atoms with Gasteiger partial charge in [-0.05, 0) is 23.6 Å². The zero-order valence-corrected chi connectivity index (χ0v) is 16.9. The number of nitrogens with zero attached hydrogens (tertiary/aromatic N) is 2. The molecule has 1 saturated heterocycles. The first kappa shape index (κ1) is 19.6. The van der Waals surface area contributed by atoms with Gasteiger partial charge in [-0.15, -0.1) is 0 Å². The SMILES string of the molecule is COCCC(=O)N1CC[C@]2(C1)NCc1ccccc1NC2=NCc1ccccc1. The van der Waals surface area contributed by atoms with Crippen LogP contribution in [0.2, 0.25) is 0 Å². The highest BCUT2D eigenvalue weighted by molar-refractivity contribution is 6.04. The summed E-state index contributed by atoms with van der Waals surface area (Å²) in [5.41, 5.74) is 3.09. The molecule has 29 heavy (non-hydrogen) atoms. The van der Waals surface area contributed by atoms with E-state index in [-0.39, 0.29) is 11.4 Å². The summed E-state index contributed by atoms with van der Waals surface area (Å²) in [6, 6.07) is 18.6. The molecule has 1 atom stereocenters. The largest absolute Gasteiger partial charge is 0.384 e. The Hall–Kier alpha value is -2.70. The van der Waals surface area contributed by atoms with Gasteiger partial charge in [0.25, 0.3) is 0 Å². The second kappa shape index (κ2) is 8.76. The van der Waals surface area contributed by atoms with Crippen LogP contribution in [-0.4, -0.2) is 49.0 Å². The molecule has 0 bridgehead atoms. The number of aliphatic imine (C=N–C) groups is 1. The molecule has 1 spiro atoms. The van der Waals surface area contributed by atoms with Crippen LogP contribution in [0, 0.1) is 0 Å². The van der Waals surface area contributed by atoms with E-state index >= 15 is 0 Å². The molecule has 2 N–H and O–H groups in total. The van der Waals surface area contributed by atoms with E-state index in [1.807, 2.05) is 29.2 Å². The highest BCUT2D eigenvalue weighted by atomic mass is 16.5. The third-order valence-corrected chi connectivity index (χ3v) is 5.75. The Morgan fingerprint density at radius 3 is 2.79 bits per heavy atom. The van der Waals surface area contributed by atoms with Crippen molar-refractivity contribution >= 4 is 17.4 Å². The topological polar surface area (TPSA) is 66.0 Å². The predicted molar refractivity (Wildman–Crippen MR) is 115 cm³/mol. The number of hydrogen-bond donors (Lipinski definition) is 2. The van der Waals surface area contributed by atoms with E-state index in [9.17, 15) is 4.79 Å². The molecule has 6 nitrogen and oxygen atoms in total. The highest BCUT2D eigenvalue weighted by Gasteiger charge is 2.45. The van der Waals surface area contributed by atoms with Crippen LogP contribution in [0.25, 0.3) is 0 Å². The van der Waals surface area contributed by atoms with Gasteiger partial charge in [0, 0.05) is 32.4 Å². The Kier molecular flexibility index (Phi) is 5.92. The van der Waals surface area contributed by atoms with E-state index in [4.69, 9.17) is 9.73 Å². The monoisotopic (exact) mass is 392 g/mol. The van der Waals surface area contributed by atoms with Crippen molar-refractivity contribution < 1.29 is 9.53 Å². The average Bonchev–Trinajstić information content (AvgIpc) is 3.13. The molecular formula is C23H28N4O2. The van der Waals surface area contributed by atoms with Crippen LogP contribution >= 0.6 is 0 Å². The van der Waals surface area contributed by atoms with Gasteiger partial charge in [0.1, 0.15) is 5.84 Å². The first-order chi connectivity index (χ1) is 14.2. The molecule has 0 aliphatic carbocycles. The van der Waals surface area contributed by atoms with Crippen LogP contribution in [0.3, 0.4) is 0 Å². The van der Waals surface area contributed by atoms with Crippen LogP contribution in [0.1, 0.15) is 24.0 Å². The normalized spacial score (nSPS) is 22.4. The molecule has 6 heteroatoms. The van der Waals surface area contributed by atoms with Crippen molar-refractivity contribution in [3.63, 3.8) is 0 Å². The second-order valence-corrected chi connectivity index (χ2v) is 7.68. The Labute approximate surface area is 172 Å². The molecule has 0 radical (unpaired) electrons. The van der Waals surface area contributed by atoms with Crippen LogP contribution in [0.5, 0.6) is 0 Å². The number of carbonyl (C=O) groups is 1. The van der Waals surface area contributed by atoms with Gasteiger partial charge in [0.2, 0.25) is 5.91 Å². The number of ether oxygens (including phenoxy) is 1. The molecule has 152 valence electrons. The number of hydrogen-bond acceptors (Lipinski definition) is 4. The predicted octanol–water partition coefficient (Wildman–Crippen LogP) is 2.81. The molecule has 1 fully saturated rings. The number of anilines is 1. The number of amides is 1. The van der Waals surface area contributed by atoms with Crippen LogP contribution in [-0.2, 0) is 22.6 Å². The van der Waals surface area contributed by atoms with E-state index in [1.54, 1.807) is 7.11 Å². The Balaban J connectivity index is 1.61. The smallest absolute Gasteiger partial charge is 0.224 e. The molecule has 2 aromatic rings. The summed E-state index contributed by atoms with van der Waals surface area (Å²) < 4.78 is 5.08. The number of benzene rings is 2. The minimum Gasteiger partial charge on any atom is -0.384 e. The van der Waals surface area contributed by atoms with Crippen LogP contribution in [0.4, 0.5) is 5.69 Å². The number of fused-ring (bicyclic) bond motifs is 1. The molecule has 0 unspecified atom stereocenters. The lowest BCUT2D eigenvalue weighted by Crippen LogP contribution is -2.55. The molecule has 2 aliphatic rings. The molecule has 1 amide bonds. The highest BCUT2D eigenvalue weighted by Crippen LogP contribution is 2.30. The zero-order valence-electron chi connectivity index (χ0n) is 16.9. The van der Waals surface area contributed by atoms with Gasteiger partial charge in [0.05, 0.1) is 25.1 Å². The first-order valence-corrected chi connectivity index (χ1v) is 10.2. The van der Waals surface area contributed by atoms with Crippen molar-refractivity contribution in [2.24, 2.45) is 4.99 Å². The van der Waals surface area contributed by atoms with Crippen molar-refractivity contribution in [1.82, 2.24) is 10.2 Å². The van der Waals surface area contributed by atoms with E-state index in [0.717, 1.165) is 31.0 Å². The second-order valence-electron chi connectivity index (χ2n) is 7.68. The van der Waals surface area contributed by atoms with Crippen LogP contribution in [0.15, 0.2) is 59.6 Å². The first-order valence-electron chi connectivity index (χ1n) is 10.2. The maximum absolute atomic E-state index is 12.6. The van der Waals surface area contributed by atoms with E-state index in [0.29, 0.717) is 26.1 Å². The molecule has 0 aromatic heterocycles. The summed E-state index contributed by atoms with van der Waals surface area (Å²) in [6.45, 7) is 3.14. The van der Waals surface area contributed by atoms with E-state index < -0.39 is 0 Å². The van der Waals surface area contributed by atoms with Gasteiger partial charge in [-0.2, -0.15) is 0 Å². The summed E-state index contributed by atoms with van der Waals surface area (Å²) in [5.74, 6) is 1.04. The molecule has 0 saturated carbocycles. The zero-order chi connectivity index (χ0) is 20.1. The Morgan fingerprint density at radius 1 is 1.17 bits per heavy atom. The van der Waals surface area contributed by atoms with Crippen molar-refractivity contribution in [3.8, 4) is 0 Å². The fourth-order valence-corrected chi connectivity index (χ4v) is 4.04. The van der Waals surface area contributed by atoms with Crippen molar-refractivity contribution in [2.45, 2.75) is 31.5 Å². The van der Waals surface area contributed by atoms with E-state index in [1.165, 1.54) is 11.1 Å². The lowest BCUT2D eigenvalue weighted by atomic mass is 9.96. The molecule has 4 rings (SSSR count). The third-order valence-electron chi connectivity index (χ3n) is 5.75. The maximum Gasteiger partial charge on any atom is 0.224 e. The van der Waals surface area contributed by atoms with Gasteiger partial charge < -0.3 is 15.0 Å². The lowest BCUT2D eigenvalue weighted by Gasteiger charge is -2.30. The fraction of sp³-hybridized carbons (Fsp3) is 0.391. The Morgan fingerprint density at radius 2 is 1.97 bits per heavy atom.